The zero-order valence-corrected chi connectivity index (χ0v) is 15.4. The van der Waals surface area contributed by atoms with Crippen LogP contribution >= 0.6 is 23.4 Å². The maximum Gasteiger partial charge on any atom is 0.298 e. The normalized spacial score (nSPS) is 15.7. The molecule has 2 aromatic rings. The van der Waals surface area contributed by atoms with Gasteiger partial charge in [0.05, 0.1) is 29.8 Å². The molecule has 0 unspecified atom stereocenters. The molecule has 0 atom stereocenters. The Morgan fingerprint density at radius 2 is 1.92 bits per heavy atom. The van der Waals surface area contributed by atoms with Crippen molar-refractivity contribution in [3.63, 3.8) is 0 Å². The third kappa shape index (κ3) is 3.27. The van der Waals surface area contributed by atoms with Crippen LogP contribution in [-0.4, -0.2) is 25.4 Å². The smallest absolute Gasteiger partial charge is 0.298 e. The summed E-state index contributed by atoms with van der Waals surface area (Å²) in [6.07, 6.45) is 1.28. The fourth-order valence-corrected chi connectivity index (χ4v) is 3.46. The Morgan fingerprint density at radius 1 is 1.15 bits per heavy atom. The van der Waals surface area contributed by atoms with E-state index in [9.17, 15) is 14.0 Å². The summed E-state index contributed by atoms with van der Waals surface area (Å²) in [5.41, 5.74) is 0.334. The van der Waals surface area contributed by atoms with Crippen LogP contribution in [0.25, 0.3) is 6.08 Å². The highest BCUT2D eigenvalue weighted by atomic mass is 35.5. The molecule has 26 heavy (non-hydrogen) atoms. The first-order chi connectivity index (χ1) is 12.5. The Kier molecular flexibility index (Phi) is 5.20. The van der Waals surface area contributed by atoms with E-state index in [1.807, 2.05) is 0 Å². The van der Waals surface area contributed by atoms with Gasteiger partial charge in [-0.05, 0) is 42.1 Å². The standard InChI is InChI=1S/C18H13ClFNO4S/c1-24-10-6-7-14(15(8-10)25-2)21-17(22)16(26-18(21)23)9-11-12(19)4-3-5-13(11)20/h3-9H,1-2H3/b16-9-. The Labute approximate surface area is 158 Å². The van der Waals surface area contributed by atoms with E-state index in [0.717, 1.165) is 4.90 Å². The average Bonchev–Trinajstić information content (AvgIpc) is 2.91. The first-order valence-electron chi connectivity index (χ1n) is 7.40. The lowest BCUT2D eigenvalue weighted by Gasteiger charge is -2.17. The summed E-state index contributed by atoms with van der Waals surface area (Å²) in [5, 5.41) is -0.365. The molecule has 1 saturated heterocycles. The molecule has 0 saturated carbocycles. The lowest BCUT2D eigenvalue weighted by atomic mass is 10.2. The third-order valence-corrected chi connectivity index (χ3v) is 4.90. The van der Waals surface area contributed by atoms with Crippen molar-refractivity contribution in [1.82, 2.24) is 0 Å². The van der Waals surface area contributed by atoms with Crippen molar-refractivity contribution < 1.29 is 23.5 Å². The molecular weight excluding hydrogens is 381 g/mol. The van der Waals surface area contributed by atoms with Crippen LogP contribution in [0.15, 0.2) is 41.3 Å². The largest absolute Gasteiger partial charge is 0.497 e. The first-order valence-corrected chi connectivity index (χ1v) is 8.59. The molecule has 0 aliphatic carbocycles. The number of rotatable bonds is 4. The van der Waals surface area contributed by atoms with Gasteiger partial charge in [0, 0.05) is 11.6 Å². The summed E-state index contributed by atoms with van der Waals surface area (Å²) in [6, 6.07) is 8.92. The number of hydrogen-bond donors (Lipinski definition) is 0. The number of carbonyl (C=O) groups is 2. The predicted molar refractivity (Wildman–Crippen MR) is 99.4 cm³/mol. The van der Waals surface area contributed by atoms with E-state index < -0.39 is 17.0 Å². The van der Waals surface area contributed by atoms with Gasteiger partial charge in [0.2, 0.25) is 0 Å². The highest BCUT2D eigenvalue weighted by Gasteiger charge is 2.38. The maximum absolute atomic E-state index is 14.0. The Morgan fingerprint density at radius 3 is 2.58 bits per heavy atom. The molecule has 0 aromatic heterocycles. The minimum atomic E-state index is -0.581. The Bertz CT molecular complexity index is 911. The predicted octanol–water partition coefficient (Wildman–Crippen LogP) is 4.74. The lowest BCUT2D eigenvalue weighted by Crippen LogP contribution is -2.28. The molecule has 0 bridgehead atoms. The van der Waals surface area contributed by atoms with Gasteiger partial charge in [0.25, 0.3) is 11.1 Å². The number of ether oxygens (including phenoxy) is 2. The lowest BCUT2D eigenvalue weighted by molar-refractivity contribution is -0.113. The molecule has 2 aromatic carbocycles. The van der Waals surface area contributed by atoms with Gasteiger partial charge in [-0.3, -0.25) is 9.59 Å². The van der Waals surface area contributed by atoms with Crippen LogP contribution in [0, 0.1) is 5.82 Å². The van der Waals surface area contributed by atoms with Gasteiger partial charge in [-0.1, -0.05) is 17.7 Å². The number of benzene rings is 2. The van der Waals surface area contributed by atoms with Crippen LogP contribution in [0.2, 0.25) is 5.02 Å². The van der Waals surface area contributed by atoms with E-state index in [1.165, 1.54) is 38.5 Å². The van der Waals surface area contributed by atoms with Gasteiger partial charge >= 0.3 is 0 Å². The van der Waals surface area contributed by atoms with Crippen molar-refractivity contribution in [3.8, 4) is 11.5 Å². The van der Waals surface area contributed by atoms with Crippen LogP contribution < -0.4 is 14.4 Å². The Balaban J connectivity index is 2.02. The van der Waals surface area contributed by atoms with Crippen molar-refractivity contribution in [1.29, 1.82) is 0 Å². The molecule has 1 heterocycles. The fraction of sp³-hybridized carbons (Fsp3) is 0.111. The molecule has 0 radical (unpaired) electrons. The second-order valence-electron chi connectivity index (χ2n) is 5.19. The number of halogens is 2. The minimum Gasteiger partial charge on any atom is -0.497 e. The molecule has 1 fully saturated rings. The molecule has 5 nitrogen and oxygen atoms in total. The van der Waals surface area contributed by atoms with Gasteiger partial charge in [-0.2, -0.15) is 0 Å². The number of anilines is 1. The van der Waals surface area contributed by atoms with Crippen molar-refractivity contribution in [2.24, 2.45) is 0 Å². The van der Waals surface area contributed by atoms with Gasteiger partial charge < -0.3 is 9.47 Å². The van der Waals surface area contributed by atoms with Crippen molar-refractivity contribution >= 4 is 46.3 Å². The number of nitrogens with zero attached hydrogens (tertiary/aromatic N) is 1. The summed E-state index contributed by atoms with van der Waals surface area (Å²) in [7, 11) is 2.92. The Hall–Kier alpha value is -2.51. The second kappa shape index (κ2) is 7.39. The second-order valence-corrected chi connectivity index (χ2v) is 6.59. The summed E-state index contributed by atoms with van der Waals surface area (Å²) in [6.45, 7) is 0. The number of methoxy groups -OCH3 is 2. The van der Waals surface area contributed by atoms with E-state index >= 15 is 0 Å². The molecule has 8 heteroatoms. The zero-order chi connectivity index (χ0) is 18.8. The highest BCUT2D eigenvalue weighted by molar-refractivity contribution is 8.19. The first kappa shape index (κ1) is 18.3. The summed E-state index contributed by atoms with van der Waals surface area (Å²) in [4.78, 5) is 26.2. The molecule has 1 aliphatic rings. The topological polar surface area (TPSA) is 55.8 Å². The number of amides is 2. The number of carbonyl (C=O) groups excluding carboxylic acids is 2. The van der Waals surface area contributed by atoms with Gasteiger partial charge in [-0.15, -0.1) is 0 Å². The minimum absolute atomic E-state index is 0.0568. The molecule has 2 amide bonds. The zero-order valence-electron chi connectivity index (χ0n) is 13.8. The quantitative estimate of drug-likeness (QED) is 0.702. The van der Waals surface area contributed by atoms with E-state index in [-0.39, 0.29) is 21.2 Å². The van der Waals surface area contributed by atoms with Crippen molar-refractivity contribution in [2.75, 3.05) is 19.1 Å². The number of imide groups is 1. The molecule has 134 valence electrons. The van der Waals surface area contributed by atoms with Crippen LogP contribution in [-0.2, 0) is 4.79 Å². The summed E-state index contributed by atoms with van der Waals surface area (Å²) in [5.74, 6) is -0.336. The molecule has 0 N–H and O–H groups in total. The van der Waals surface area contributed by atoms with Crippen molar-refractivity contribution in [3.05, 3.63) is 57.7 Å². The third-order valence-electron chi connectivity index (χ3n) is 3.70. The van der Waals surface area contributed by atoms with Gasteiger partial charge in [0.1, 0.15) is 17.3 Å². The van der Waals surface area contributed by atoms with Crippen LogP contribution in [0.3, 0.4) is 0 Å². The van der Waals surface area contributed by atoms with E-state index in [0.29, 0.717) is 23.3 Å². The molecule has 0 spiro atoms. The summed E-state index contributed by atoms with van der Waals surface area (Å²) >= 11 is 6.69. The molecule has 3 rings (SSSR count). The average molecular weight is 394 g/mol. The number of hydrogen-bond acceptors (Lipinski definition) is 5. The van der Waals surface area contributed by atoms with E-state index in [1.54, 1.807) is 18.2 Å². The van der Waals surface area contributed by atoms with Gasteiger partial charge in [-0.25, -0.2) is 9.29 Å². The summed E-state index contributed by atoms with van der Waals surface area (Å²) < 4.78 is 24.3. The van der Waals surface area contributed by atoms with Crippen LogP contribution in [0.1, 0.15) is 5.56 Å². The van der Waals surface area contributed by atoms with E-state index in [2.05, 4.69) is 0 Å². The highest BCUT2D eigenvalue weighted by Crippen LogP contribution is 2.41. The van der Waals surface area contributed by atoms with Crippen molar-refractivity contribution in [2.45, 2.75) is 0 Å². The SMILES string of the molecule is COc1ccc(N2C(=O)S/C(=C\c3c(F)cccc3Cl)C2=O)c(OC)c1. The van der Waals surface area contributed by atoms with Gasteiger partial charge in [0.15, 0.2) is 0 Å². The fourth-order valence-electron chi connectivity index (χ4n) is 2.42. The molecule has 1 aliphatic heterocycles. The molecular formula is C18H13ClFNO4S. The van der Waals surface area contributed by atoms with Crippen LogP contribution in [0.4, 0.5) is 14.9 Å². The monoisotopic (exact) mass is 393 g/mol. The number of thioether (sulfide) groups is 1. The maximum atomic E-state index is 14.0. The van der Waals surface area contributed by atoms with E-state index in [4.69, 9.17) is 21.1 Å². The van der Waals surface area contributed by atoms with Crippen LogP contribution in [0.5, 0.6) is 11.5 Å².